The smallest absolute Gasteiger partial charge is 0.303 e. The Bertz CT molecular complexity index is 260. The predicted octanol–water partition coefficient (Wildman–Crippen LogP) is 0.261. The average Bonchev–Trinajstić information content (AvgIpc) is 2.16. The minimum atomic E-state index is -0.835. The second kappa shape index (κ2) is 5.84. The summed E-state index contributed by atoms with van der Waals surface area (Å²) in [5, 5.41) is 8.61. The zero-order valence-corrected chi connectivity index (χ0v) is 9.98. The van der Waals surface area contributed by atoms with Crippen LogP contribution in [0.4, 0.5) is 0 Å². The third-order valence-electron chi connectivity index (χ3n) is 2.90. The molecule has 0 saturated carbocycles. The summed E-state index contributed by atoms with van der Waals surface area (Å²) in [6, 6.07) is 0. The van der Waals surface area contributed by atoms with Crippen molar-refractivity contribution in [2.24, 2.45) is 5.92 Å². The van der Waals surface area contributed by atoms with E-state index < -0.39 is 5.97 Å². The molecule has 0 aromatic carbocycles. The van der Waals surface area contributed by atoms with Gasteiger partial charge >= 0.3 is 5.97 Å². The van der Waals surface area contributed by atoms with Gasteiger partial charge in [-0.15, -0.1) is 0 Å². The third kappa shape index (κ3) is 4.18. The molecule has 0 aromatic rings. The Morgan fingerprint density at radius 1 is 1.19 bits per heavy atom. The first kappa shape index (κ1) is 13.0. The molecule has 5 nitrogen and oxygen atoms in total. The van der Waals surface area contributed by atoms with Crippen LogP contribution in [-0.2, 0) is 9.59 Å². The Morgan fingerprint density at radius 3 is 2.25 bits per heavy atom. The summed E-state index contributed by atoms with van der Waals surface area (Å²) < 4.78 is 0. The highest BCUT2D eigenvalue weighted by molar-refractivity contribution is 5.77. The van der Waals surface area contributed by atoms with E-state index in [0.29, 0.717) is 6.42 Å². The topological polar surface area (TPSA) is 60.9 Å². The van der Waals surface area contributed by atoms with Crippen molar-refractivity contribution < 1.29 is 14.7 Å². The van der Waals surface area contributed by atoms with Crippen molar-refractivity contribution in [2.75, 3.05) is 33.2 Å². The van der Waals surface area contributed by atoms with Crippen molar-refractivity contribution in [1.29, 1.82) is 0 Å². The highest BCUT2D eigenvalue weighted by atomic mass is 16.4. The monoisotopic (exact) mass is 228 g/mol. The lowest BCUT2D eigenvalue weighted by Gasteiger charge is -2.33. The van der Waals surface area contributed by atoms with Gasteiger partial charge in [0.05, 0.1) is 0 Å². The molecule has 1 amide bonds. The Hall–Kier alpha value is -1.10. The van der Waals surface area contributed by atoms with Gasteiger partial charge in [0.1, 0.15) is 0 Å². The second-order valence-corrected chi connectivity index (χ2v) is 4.59. The van der Waals surface area contributed by atoms with Gasteiger partial charge in [0.25, 0.3) is 0 Å². The molecule has 0 unspecified atom stereocenters. The minimum absolute atomic E-state index is 0.0689. The van der Waals surface area contributed by atoms with E-state index in [1.807, 2.05) is 18.9 Å². The molecule has 0 aromatic heterocycles. The maximum atomic E-state index is 11.8. The molecular weight excluding hydrogens is 208 g/mol. The lowest BCUT2D eigenvalue weighted by molar-refractivity contribution is -0.138. The molecule has 92 valence electrons. The van der Waals surface area contributed by atoms with E-state index in [1.54, 1.807) is 0 Å². The Balaban J connectivity index is 2.32. The number of piperazine rings is 1. The summed E-state index contributed by atoms with van der Waals surface area (Å²) in [6.07, 6.45) is 0.412. The fourth-order valence-electron chi connectivity index (χ4n) is 1.85. The van der Waals surface area contributed by atoms with Crippen molar-refractivity contribution in [3.8, 4) is 0 Å². The van der Waals surface area contributed by atoms with Crippen LogP contribution in [0, 0.1) is 5.92 Å². The number of carbonyl (C=O) groups excluding carboxylic acids is 1. The first-order chi connectivity index (χ1) is 7.49. The fraction of sp³-hybridized carbons (Fsp3) is 0.818. The number of likely N-dealkylation sites (N-methyl/N-ethyl adjacent to an activating group) is 1. The molecule has 1 atom stereocenters. The number of hydrogen-bond acceptors (Lipinski definition) is 3. The second-order valence-electron chi connectivity index (χ2n) is 4.59. The highest BCUT2D eigenvalue weighted by Gasteiger charge is 2.21. The first-order valence-corrected chi connectivity index (χ1v) is 5.67. The lowest BCUT2D eigenvalue weighted by atomic mass is 10.0. The molecule has 1 aliphatic rings. The van der Waals surface area contributed by atoms with Crippen molar-refractivity contribution in [3.05, 3.63) is 0 Å². The molecule has 1 rings (SSSR count). The van der Waals surface area contributed by atoms with E-state index >= 15 is 0 Å². The number of carboxylic acid groups (broad SMARTS) is 1. The van der Waals surface area contributed by atoms with Crippen LogP contribution in [0.2, 0.25) is 0 Å². The average molecular weight is 228 g/mol. The van der Waals surface area contributed by atoms with Gasteiger partial charge in [-0.1, -0.05) is 6.92 Å². The molecule has 5 heteroatoms. The molecule has 0 bridgehead atoms. The van der Waals surface area contributed by atoms with E-state index in [2.05, 4.69) is 4.90 Å². The van der Waals surface area contributed by atoms with Gasteiger partial charge in [-0.25, -0.2) is 0 Å². The van der Waals surface area contributed by atoms with Gasteiger partial charge < -0.3 is 14.9 Å². The highest BCUT2D eigenvalue weighted by Crippen LogP contribution is 2.11. The summed E-state index contributed by atoms with van der Waals surface area (Å²) in [5.74, 6) is -0.829. The Labute approximate surface area is 96.0 Å². The van der Waals surface area contributed by atoms with Crippen LogP contribution in [0.5, 0.6) is 0 Å². The largest absolute Gasteiger partial charge is 0.481 e. The number of amides is 1. The number of rotatable bonds is 4. The summed E-state index contributed by atoms with van der Waals surface area (Å²) >= 11 is 0. The zero-order valence-electron chi connectivity index (χ0n) is 9.98. The first-order valence-electron chi connectivity index (χ1n) is 5.67. The number of aliphatic carboxylic acids is 1. The molecule has 16 heavy (non-hydrogen) atoms. The van der Waals surface area contributed by atoms with Gasteiger partial charge in [-0.3, -0.25) is 9.59 Å². The maximum Gasteiger partial charge on any atom is 0.303 e. The van der Waals surface area contributed by atoms with Crippen LogP contribution in [-0.4, -0.2) is 60.0 Å². The summed E-state index contributed by atoms with van der Waals surface area (Å²) in [5.41, 5.74) is 0. The molecular formula is C11H20N2O3. The van der Waals surface area contributed by atoms with E-state index in [4.69, 9.17) is 5.11 Å². The van der Waals surface area contributed by atoms with E-state index in [1.165, 1.54) is 0 Å². The lowest BCUT2D eigenvalue weighted by Crippen LogP contribution is -2.47. The zero-order chi connectivity index (χ0) is 12.1. The van der Waals surface area contributed by atoms with Crippen LogP contribution in [0.1, 0.15) is 19.8 Å². The van der Waals surface area contributed by atoms with Crippen molar-refractivity contribution in [3.63, 3.8) is 0 Å². The predicted molar refractivity (Wildman–Crippen MR) is 60.1 cm³/mol. The summed E-state index contributed by atoms with van der Waals surface area (Å²) in [7, 11) is 2.04. The number of hydrogen-bond donors (Lipinski definition) is 1. The molecule has 1 fully saturated rings. The molecule has 0 radical (unpaired) electrons. The van der Waals surface area contributed by atoms with Crippen LogP contribution in [0.3, 0.4) is 0 Å². The normalized spacial score (nSPS) is 19.5. The molecule has 1 heterocycles. The number of nitrogens with zero attached hydrogens (tertiary/aromatic N) is 2. The van der Waals surface area contributed by atoms with E-state index in [0.717, 1.165) is 26.2 Å². The summed E-state index contributed by atoms with van der Waals surface area (Å²) in [4.78, 5) is 26.3. The SMILES string of the molecule is C[C@H](CC(=O)O)CC(=O)N1CCN(C)CC1. The molecule has 1 N–H and O–H groups in total. The van der Waals surface area contributed by atoms with Gasteiger partial charge in [0, 0.05) is 39.0 Å². The third-order valence-corrected chi connectivity index (χ3v) is 2.90. The van der Waals surface area contributed by atoms with Crippen molar-refractivity contribution in [2.45, 2.75) is 19.8 Å². The van der Waals surface area contributed by atoms with E-state index in [-0.39, 0.29) is 18.2 Å². The fourth-order valence-corrected chi connectivity index (χ4v) is 1.85. The minimum Gasteiger partial charge on any atom is -0.481 e. The van der Waals surface area contributed by atoms with Crippen LogP contribution in [0.15, 0.2) is 0 Å². The Morgan fingerprint density at radius 2 is 1.75 bits per heavy atom. The number of carbonyl (C=O) groups is 2. The summed E-state index contributed by atoms with van der Waals surface area (Å²) in [6.45, 7) is 5.13. The van der Waals surface area contributed by atoms with Crippen LogP contribution in [0.25, 0.3) is 0 Å². The van der Waals surface area contributed by atoms with Crippen molar-refractivity contribution >= 4 is 11.9 Å². The van der Waals surface area contributed by atoms with Gasteiger partial charge in [-0.05, 0) is 13.0 Å². The van der Waals surface area contributed by atoms with Gasteiger partial charge in [0.2, 0.25) is 5.91 Å². The van der Waals surface area contributed by atoms with E-state index in [9.17, 15) is 9.59 Å². The Kier molecular flexibility index (Phi) is 4.73. The molecule has 0 aliphatic carbocycles. The van der Waals surface area contributed by atoms with Gasteiger partial charge in [0.15, 0.2) is 0 Å². The maximum absolute atomic E-state index is 11.8. The molecule has 1 saturated heterocycles. The van der Waals surface area contributed by atoms with Crippen LogP contribution >= 0.6 is 0 Å². The van der Waals surface area contributed by atoms with Crippen molar-refractivity contribution in [1.82, 2.24) is 9.80 Å². The van der Waals surface area contributed by atoms with Gasteiger partial charge in [-0.2, -0.15) is 0 Å². The van der Waals surface area contributed by atoms with Crippen LogP contribution < -0.4 is 0 Å². The quantitative estimate of drug-likeness (QED) is 0.750. The molecule has 0 spiro atoms. The number of carboxylic acids is 1. The standard InChI is InChI=1S/C11H20N2O3/c1-9(8-11(15)16)7-10(14)13-5-3-12(2)4-6-13/h9H,3-8H2,1-2H3,(H,15,16)/t9-/m0/s1. The molecule has 1 aliphatic heterocycles.